The SMILES string of the molecule is O=C(c1cc(Cc2n[nH]c(=O)c3ccccc23)ccc1F)N1CCC2C(CCS2(=O)=O)C1. The molecular formula is C23H22FN3O4S. The minimum Gasteiger partial charge on any atom is -0.338 e. The number of carbonyl (C=O) groups is 1. The summed E-state index contributed by atoms with van der Waals surface area (Å²) in [6, 6.07) is 11.5. The molecule has 2 atom stereocenters. The van der Waals surface area contributed by atoms with E-state index in [1.165, 1.54) is 12.1 Å². The quantitative estimate of drug-likeness (QED) is 0.653. The second-order valence-electron chi connectivity index (χ2n) is 8.53. The number of nitrogens with one attached hydrogen (secondary N) is 1. The third-order valence-corrected chi connectivity index (χ3v) is 8.94. The van der Waals surface area contributed by atoms with Gasteiger partial charge in [0.05, 0.1) is 27.6 Å². The van der Waals surface area contributed by atoms with E-state index in [2.05, 4.69) is 10.2 Å². The fourth-order valence-electron chi connectivity index (χ4n) is 4.93. The van der Waals surface area contributed by atoms with E-state index in [0.29, 0.717) is 54.4 Å². The fourth-order valence-corrected chi connectivity index (χ4v) is 7.14. The van der Waals surface area contributed by atoms with Gasteiger partial charge in [-0.3, -0.25) is 9.59 Å². The van der Waals surface area contributed by atoms with Crippen molar-refractivity contribution in [3.05, 3.63) is 75.5 Å². The minimum atomic E-state index is -3.08. The zero-order valence-corrected chi connectivity index (χ0v) is 18.1. The number of fused-ring (bicyclic) bond motifs is 2. The van der Waals surface area contributed by atoms with Crippen LogP contribution in [0.5, 0.6) is 0 Å². The lowest BCUT2D eigenvalue weighted by Gasteiger charge is -2.34. The lowest BCUT2D eigenvalue weighted by atomic mass is 9.94. The van der Waals surface area contributed by atoms with Crippen LogP contribution in [0, 0.1) is 11.7 Å². The summed E-state index contributed by atoms with van der Waals surface area (Å²) in [6.45, 7) is 0.632. The van der Waals surface area contributed by atoms with Crippen molar-refractivity contribution in [2.24, 2.45) is 5.92 Å². The molecule has 7 nitrogen and oxygen atoms in total. The van der Waals surface area contributed by atoms with Crippen molar-refractivity contribution in [1.29, 1.82) is 0 Å². The zero-order valence-electron chi connectivity index (χ0n) is 17.3. The summed E-state index contributed by atoms with van der Waals surface area (Å²) in [4.78, 5) is 26.7. The molecule has 0 aliphatic carbocycles. The van der Waals surface area contributed by atoms with Gasteiger partial charge in [0, 0.05) is 24.9 Å². The van der Waals surface area contributed by atoms with Crippen molar-refractivity contribution in [2.75, 3.05) is 18.8 Å². The van der Waals surface area contributed by atoms with Gasteiger partial charge in [-0.2, -0.15) is 5.10 Å². The van der Waals surface area contributed by atoms with Crippen molar-refractivity contribution < 1.29 is 17.6 Å². The lowest BCUT2D eigenvalue weighted by Crippen LogP contribution is -2.45. The number of aromatic nitrogens is 2. The third kappa shape index (κ3) is 3.60. The molecular weight excluding hydrogens is 433 g/mol. The number of sulfone groups is 1. The molecule has 3 heterocycles. The predicted octanol–water partition coefficient (Wildman–Crippen LogP) is 2.30. The van der Waals surface area contributed by atoms with Crippen LogP contribution in [-0.2, 0) is 16.3 Å². The topological polar surface area (TPSA) is 100 Å². The van der Waals surface area contributed by atoms with Crippen LogP contribution in [0.2, 0.25) is 0 Å². The highest BCUT2D eigenvalue weighted by atomic mass is 32.2. The van der Waals surface area contributed by atoms with Gasteiger partial charge < -0.3 is 4.90 Å². The van der Waals surface area contributed by atoms with Crippen molar-refractivity contribution >= 4 is 26.5 Å². The highest BCUT2D eigenvalue weighted by Gasteiger charge is 2.44. The van der Waals surface area contributed by atoms with Crippen LogP contribution < -0.4 is 5.56 Å². The first kappa shape index (κ1) is 20.8. The van der Waals surface area contributed by atoms with E-state index in [1.807, 2.05) is 12.1 Å². The van der Waals surface area contributed by atoms with E-state index >= 15 is 0 Å². The Kier molecular flexibility index (Phi) is 5.08. The zero-order chi connectivity index (χ0) is 22.5. The van der Waals surface area contributed by atoms with Crippen LogP contribution in [0.25, 0.3) is 10.8 Å². The smallest absolute Gasteiger partial charge is 0.272 e. The van der Waals surface area contributed by atoms with E-state index in [0.717, 1.165) is 0 Å². The number of halogens is 1. The van der Waals surface area contributed by atoms with Crippen LogP contribution in [0.15, 0.2) is 47.3 Å². The van der Waals surface area contributed by atoms with Gasteiger partial charge in [-0.15, -0.1) is 0 Å². The molecule has 0 spiro atoms. The molecule has 32 heavy (non-hydrogen) atoms. The number of rotatable bonds is 3. The van der Waals surface area contributed by atoms with Gasteiger partial charge in [0.1, 0.15) is 5.82 Å². The van der Waals surface area contributed by atoms with Crippen molar-refractivity contribution in [3.63, 3.8) is 0 Å². The van der Waals surface area contributed by atoms with Gasteiger partial charge in [-0.1, -0.05) is 24.3 Å². The number of hydrogen-bond donors (Lipinski definition) is 1. The Morgan fingerprint density at radius 1 is 1.16 bits per heavy atom. The van der Waals surface area contributed by atoms with Crippen molar-refractivity contribution in [1.82, 2.24) is 15.1 Å². The molecule has 2 unspecified atom stereocenters. The van der Waals surface area contributed by atoms with Crippen LogP contribution in [0.4, 0.5) is 4.39 Å². The highest BCUT2D eigenvalue weighted by Crippen LogP contribution is 2.34. The minimum absolute atomic E-state index is 0.0319. The number of likely N-dealkylation sites (tertiary alicyclic amines) is 1. The Morgan fingerprint density at radius 2 is 1.94 bits per heavy atom. The van der Waals surface area contributed by atoms with Crippen LogP contribution in [0.1, 0.15) is 34.5 Å². The molecule has 1 aromatic heterocycles. The molecule has 0 bridgehead atoms. The van der Waals surface area contributed by atoms with Crippen LogP contribution in [0.3, 0.4) is 0 Å². The molecule has 1 N–H and O–H groups in total. The summed E-state index contributed by atoms with van der Waals surface area (Å²) in [5.74, 6) is -0.958. The fraction of sp³-hybridized carbons (Fsp3) is 0.348. The summed E-state index contributed by atoms with van der Waals surface area (Å²) in [5, 5.41) is 7.48. The molecule has 9 heteroatoms. The lowest BCUT2D eigenvalue weighted by molar-refractivity contribution is 0.0676. The van der Waals surface area contributed by atoms with E-state index < -0.39 is 21.6 Å². The first-order valence-electron chi connectivity index (χ1n) is 10.6. The molecule has 0 saturated carbocycles. The number of amides is 1. The van der Waals surface area contributed by atoms with Gasteiger partial charge in [0.2, 0.25) is 0 Å². The van der Waals surface area contributed by atoms with Crippen molar-refractivity contribution in [2.45, 2.75) is 24.5 Å². The standard InChI is InChI=1S/C23H22FN3O4S/c24-19-6-5-14(12-20-16-3-1-2-4-17(16)22(28)26-25-20)11-18(19)23(29)27-9-7-21-15(13-27)8-10-32(21,30)31/h1-6,11,15,21H,7-10,12-13H2,(H,26,28). The molecule has 5 rings (SSSR count). The maximum absolute atomic E-state index is 14.6. The number of H-pyrrole nitrogens is 1. The normalized spacial score (nSPS) is 22.1. The average molecular weight is 456 g/mol. The molecule has 2 fully saturated rings. The number of piperidine rings is 1. The maximum Gasteiger partial charge on any atom is 0.272 e. The molecule has 2 aliphatic rings. The number of carbonyl (C=O) groups excluding carboxylic acids is 1. The number of nitrogens with zero attached hydrogens (tertiary/aromatic N) is 2. The molecule has 1 amide bonds. The monoisotopic (exact) mass is 455 g/mol. The predicted molar refractivity (Wildman–Crippen MR) is 118 cm³/mol. The Hall–Kier alpha value is -3.07. The van der Waals surface area contributed by atoms with Gasteiger partial charge in [-0.25, -0.2) is 17.9 Å². The number of benzene rings is 2. The summed E-state index contributed by atoms with van der Waals surface area (Å²) >= 11 is 0. The molecule has 3 aromatic rings. The Morgan fingerprint density at radius 3 is 2.75 bits per heavy atom. The largest absolute Gasteiger partial charge is 0.338 e. The van der Waals surface area contributed by atoms with Crippen LogP contribution in [-0.4, -0.2) is 53.5 Å². The molecule has 2 aromatic carbocycles. The first-order valence-corrected chi connectivity index (χ1v) is 12.3. The molecule has 0 radical (unpaired) electrons. The molecule has 166 valence electrons. The van der Waals surface area contributed by atoms with Gasteiger partial charge in [0.15, 0.2) is 9.84 Å². The third-order valence-electron chi connectivity index (χ3n) is 6.59. The second-order valence-corrected chi connectivity index (χ2v) is 10.9. The summed E-state index contributed by atoms with van der Waals surface area (Å²) in [7, 11) is -3.08. The summed E-state index contributed by atoms with van der Waals surface area (Å²) < 4.78 is 38.9. The number of hydrogen-bond acceptors (Lipinski definition) is 5. The Bertz CT molecular complexity index is 1390. The average Bonchev–Trinajstić information content (AvgIpc) is 3.10. The Balaban J connectivity index is 1.41. The van der Waals surface area contributed by atoms with E-state index in [9.17, 15) is 22.4 Å². The van der Waals surface area contributed by atoms with E-state index in [-0.39, 0.29) is 28.0 Å². The maximum atomic E-state index is 14.6. The van der Waals surface area contributed by atoms with Gasteiger partial charge in [-0.05, 0) is 42.5 Å². The second kappa shape index (κ2) is 7.81. The van der Waals surface area contributed by atoms with Gasteiger partial charge in [0.25, 0.3) is 11.5 Å². The summed E-state index contributed by atoms with van der Waals surface area (Å²) in [6.07, 6.45) is 1.26. The van der Waals surface area contributed by atoms with Crippen LogP contribution >= 0.6 is 0 Å². The molecule has 2 aliphatic heterocycles. The van der Waals surface area contributed by atoms with Gasteiger partial charge >= 0.3 is 0 Å². The first-order chi connectivity index (χ1) is 15.3. The highest BCUT2D eigenvalue weighted by molar-refractivity contribution is 7.92. The van der Waals surface area contributed by atoms with Crippen molar-refractivity contribution in [3.8, 4) is 0 Å². The van der Waals surface area contributed by atoms with E-state index in [1.54, 1.807) is 23.1 Å². The summed E-state index contributed by atoms with van der Waals surface area (Å²) in [5.41, 5.74) is 1.01. The number of aromatic amines is 1. The molecule has 2 saturated heterocycles. The Labute approximate surface area is 184 Å². The van der Waals surface area contributed by atoms with E-state index in [4.69, 9.17) is 0 Å².